The number of hydrogen-bond acceptors (Lipinski definition) is 4. The minimum absolute atomic E-state index is 0.0774. The summed E-state index contributed by atoms with van der Waals surface area (Å²) in [6.45, 7) is 3.70. The van der Waals surface area contributed by atoms with Crippen LogP contribution in [-0.4, -0.2) is 36.2 Å². The van der Waals surface area contributed by atoms with Gasteiger partial charge in [-0.05, 0) is 31.7 Å². The van der Waals surface area contributed by atoms with Gasteiger partial charge >= 0.3 is 0 Å². The van der Waals surface area contributed by atoms with Gasteiger partial charge in [0, 0.05) is 24.0 Å². The van der Waals surface area contributed by atoms with Crippen LogP contribution in [0, 0.1) is 0 Å². The lowest BCUT2D eigenvalue weighted by molar-refractivity contribution is -0.113. The lowest BCUT2D eigenvalue weighted by Gasteiger charge is -2.21. The van der Waals surface area contributed by atoms with Crippen molar-refractivity contribution in [2.75, 3.05) is 24.7 Å². The molecule has 3 N–H and O–H groups in total. The first-order chi connectivity index (χ1) is 8.54. The number of nitrogens with zero attached hydrogens (tertiary/aromatic N) is 1. The molecule has 98 valence electrons. The molecule has 0 fully saturated rings. The van der Waals surface area contributed by atoms with Gasteiger partial charge < -0.3 is 16.0 Å². The van der Waals surface area contributed by atoms with Crippen LogP contribution in [0.15, 0.2) is 23.1 Å². The summed E-state index contributed by atoms with van der Waals surface area (Å²) in [5.74, 6) is 0.588. The van der Waals surface area contributed by atoms with Crippen LogP contribution >= 0.6 is 11.8 Å². The van der Waals surface area contributed by atoms with Crippen molar-refractivity contribution < 1.29 is 4.79 Å². The van der Waals surface area contributed by atoms with E-state index in [2.05, 4.69) is 35.5 Å². The van der Waals surface area contributed by atoms with E-state index in [-0.39, 0.29) is 11.9 Å². The number of amides is 1. The zero-order valence-corrected chi connectivity index (χ0v) is 11.6. The molecule has 1 aliphatic rings. The molecule has 0 aromatic heterocycles. The maximum Gasteiger partial charge on any atom is 0.234 e. The molecule has 2 rings (SSSR count). The molecule has 1 heterocycles. The van der Waals surface area contributed by atoms with Gasteiger partial charge in [0.25, 0.3) is 0 Å². The Morgan fingerprint density at radius 3 is 3.06 bits per heavy atom. The second-order valence-electron chi connectivity index (χ2n) is 4.84. The van der Waals surface area contributed by atoms with Crippen LogP contribution < -0.4 is 11.1 Å². The average molecular weight is 265 g/mol. The molecule has 0 saturated heterocycles. The first-order valence-electron chi connectivity index (χ1n) is 6.04. The lowest BCUT2D eigenvalue weighted by Crippen LogP contribution is -2.32. The molecule has 0 radical (unpaired) electrons. The van der Waals surface area contributed by atoms with Crippen molar-refractivity contribution in [2.24, 2.45) is 5.73 Å². The molecular weight excluding hydrogens is 246 g/mol. The monoisotopic (exact) mass is 265 g/mol. The van der Waals surface area contributed by atoms with Crippen LogP contribution in [0.2, 0.25) is 0 Å². The third-order valence-electron chi connectivity index (χ3n) is 2.73. The van der Waals surface area contributed by atoms with E-state index in [4.69, 9.17) is 5.73 Å². The highest BCUT2D eigenvalue weighted by Gasteiger charge is 2.15. The second-order valence-corrected chi connectivity index (χ2v) is 5.86. The summed E-state index contributed by atoms with van der Waals surface area (Å²) >= 11 is 1.59. The topological polar surface area (TPSA) is 58.4 Å². The first kappa shape index (κ1) is 13.4. The fraction of sp³-hybridized carbons (Fsp3) is 0.462. The van der Waals surface area contributed by atoms with E-state index in [1.807, 2.05) is 6.92 Å². The van der Waals surface area contributed by atoms with Crippen LogP contribution in [0.3, 0.4) is 0 Å². The molecule has 1 aromatic rings. The third kappa shape index (κ3) is 3.48. The third-order valence-corrected chi connectivity index (χ3v) is 3.80. The smallest absolute Gasteiger partial charge is 0.234 e. The predicted molar refractivity (Wildman–Crippen MR) is 75.8 cm³/mol. The first-order valence-corrected chi connectivity index (χ1v) is 7.03. The van der Waals surface area contributed by atoms with E-state index in [1.54, 1.807) is 11.8 Å². The van der Waals surface area contributed by atoms with E-state index in [1.165, 1.54) is 5.56 Å². The van der Waals surface area contributed by atoms with Gasteiger partial charge in [-0.3, -0.25) is 4.79 Å². The van der Waals surface area contributed by atoms with Crippen LogP contribution in [0.4, 0.5) is 5.69 Å². The number of likely N-dealkylation sites (N-methyl/N-ethyl adjacent to an activating group) is 1. The van der Waals surface area contributed by atoms with Crippen molar-refractivity contribution >= 4 is 23.4 Å². The maximum atomic E-state index is 11.3. The summed E-state index contributed by atoms with van der Waals surface area (Å²) in [6.07, 6.45) is 0. The fourth-order valence-electron chi connectivity index (χ4n) is 2.10. The molecule has 1 unspecified atom stereocenters. The van der Waals surface area contributed by atoms with E-state index < -0.39 is 0 Å². The highest BCUT2D eigenvalue weighted by molar-refractivity contribution is 8.00. The number of nitrogens with two attached hydrogens (primary N) is 1. The molecule has 0 bridgehead atoms. The Morgan fingerprint density at radius 1 is 1.56 bits per heavy atom. The quantitative estimate of drug-likeness (QED) is 0.866. The Labute approximate surface area is 112 Å². The Balaban J connectivity index is 2.06. The van der Waals surface area contributed by atoms with Gasteiger partial charge in [-0.1, -0.05) is 6.07 Å². The van der Waals surface area contributed by atoms with Crippen molar-refractivity contribution in [2.45, 2.75) is 24.4 Å². The SMILES string of the molecule is CC(N)CN(C)Cc1ccc2c(c1)NC(=O)CS2. The number of carbonyl (C=O) groups excluding carboxylic acids is 1. The molecule has 1 amide bonds. The van der Waals surface area contributed by atoms with Gasteiger partial charge in [0.15, 0.2) is 0 Å². The molecule has 1 aliphatic heterocycles. The highest BCUT2D eigenvalue weighted by Crippen LogP contribution is 2.32. The number of benzene rings is 1. The predicted octanol–water partition coefficient (Wildman–Crippen LogP) is 1.51. The average Bonchev–Trinajstić information content (AvgIpc) is 2.27. The van der Waals surface area contributed by atoms with Crippen LogP contribution in [-0.2, 0) is 11.3 Å². The van der Waals surface area contributed by atoms with Crippen molar-refractivity contribution in [3.63, 3.8) is 0 Å². The molecule has 0 aliphatic carbocycles. The summed E-state index contributed by atoms with van der Waals surface area (Å²) < 4.78 is 0. The normalized spacial score (nSPS) is 16.3. The van der Waals surface area contributed by atoms with Crippen molar-refractivity contribution in [3.05, 3.63) is 23.8 Å². The number of carbonyl (C=O) groups is 1. The molecule has 1 atom stereocenters. The van der Waals surface area contributed by atoms with E-state index in [9.17, 15) is 4.79 Å². The van der Waals surface area contributed by atoms with Crippen LogP contribution in [0.5, 0.6) is 0 Å². The number of thioether (sulfide) groups is 1. The van der Waals surface area contributed by atoms with E-state index >= 15 is 0 Å². The van der Waals surface area contributed by atoms with Gasteiger partial charge in [0.05, 0.1) is 11.4 Å². The van der Waals surface area contributed by atoms with Crippen molar-refractivity contribution in [3.8, 4) is 0 Å². The van der Waals surface area contributed by atoms with Gasteiger partial charge in [-0.15, -0.1) is 11.8 Å². The summed E-state index contributed by atoms with van der Waals surface area (Å²) in [5.41, 5.74) is 7.90. The Kier molecular flexibility index (Phi) is 4.27. The number of nitrogens with one attached hydrogen (secondary N) is 1. The fourth-order valence-corrected chi connectivity index (χ4v) is 2.88. The number of fused-ring (bicyclic) bond motifs is 1. The van der Waals surface area contributed by atoms with Gasteiger partial charge in [0.2, 0.25) is 5.91 Å². The summed E-state index contributed by atoms with van der Waals surface area (Å²) in [4.78, 5) is 14.7. The zero-order valence-electron chi connectivity index (χ0n) is 10.8. The van der Waals surface area contributed by atoms with Crippen LogP contribution in [0.1, 0.15) is 12.5 Å². The number of rotatable bonds is 4. The molecule has 1 aromatic carbocycles. The summed E-state index contributed by atoms with van der Waals surface area (Å²) in [6, 6.07) is 6.41. The van der Waals surface area contributed by atoms with E-state index in [0.717, 1.165) is 23.7 Å². The van der Waals surface area contributed by atoms with Crippen molar-refractivity contribution in [1.29, 1.82) is 0 Å². The Bertz CT molecular complexity index is 448. The minimum atomic E-state index is 0.0774. The second kappa shape index (κ2) is 5.73. The summed E-state index contributed by atoms with van der Waals surface area (Å²) in [5, 5.41) is 2.91. The largest absolute Gasteiger partial charge is 0.327 e. The molecule has 5 heteroatoms. The highest BCUT2D eigenvalue weighted by atomic mass is 32.2. The maximum absolute atomic E-state index is 11.3. The minimum Gasteiger partial charge on any atom is -0.327 e. The van der Waals surface area contributed by atoms with Gasteiger partial charge in [0.1, 0.15) is 0 Å². The van der Waals surface area contributed by atoms with E-state index in [0.29, 0.717) is 5.75 Å². The Morgan fingerprint density at radius 2 is 2.33 bits per heavy atom. The zero-order chi connectivity index (χ0) is 13.1. The molecular formula is C13H19N3OS. The molecule has 0 spiro atoms. The number of hydrogen-bond donors (Lipinski definition) is 2. The van der Waals surface area contributed by atoms with Crippen LogP contribution in [0.25, 0.3) is 0 Å². The molecule has 0 saturated carbocycles. The standard InChI is InChI=1S/C13H19N3OS/c1-9(14)6-16(2)7-10-3-4-12-11(5-10)15-13(17)8-18-12/h3-5,9H,6-8,14H2,1-2H3,(H,15,17). The lowest BCUT2D eigenvalue weighted by atomic mass is 10.1. The Hall–Kier alpha value is -1.04. The van der Waals surface area contributed by atoms with Gasteiger partial charge in [-0.2, -0.15) is 0 Å². The van der Waals surface area contributed by atoms with Gasteiger partial charge in [-0.25, -0.2) is 0 Å². The van der Waals surface area contributed by atoms with Crippen molar-refractivity contribution in [1.82, 2.24) is 4.90 Å². The summed E-state index contributed by atoms with van der Waals surface area (Å²) in [7, 11) is 2.05. The molecule has 18 heavy (non-hydrogen) atoms. The number of anilines is 1. The molecule has 4 nitrogen and oxygen atoms in total.